The number of hydrogen-bond donors (Lipinski definition) is 1. The molecule has 4 bridgehead atoms. The van der Waals surface area contributed by atoms with Crippen LogP contribution in [0.15, 0.2) is 18.3 Å². The lowest BCUT2D eigenvalue weighted by atomic mass is 9.51. The molecule has 1 heterocycles. The zero-order valence-corrected chi connectivity index (χ0v) is 14.8. The molecule has 1 amide bonds. The number of rotatable bonds is 6. The summed E-state index contributed by atoms with van der Waals surface area (Å²) in [4.78, 5) is 17.2. The van der Waals surface area contributed by atoms with E-state index < -0.39 is 0 Å². The standard InChI is InChI=1S/C21H28N2O2/c24-21(20-17-6-15-5-16(8-17)9-18(20)7-15)23-11-14-3-4-19(22-10-14)25-12-13-1-2-13/h3-4,10,13,15-18,20H,1-2,5-9,11-12H2,(H,23,24). The number of amides is 1. The van der Waals surface area contributed by atoms with Crippen LogP contribution in [0.2, 0.25) is 0 Å². The molecular weight excluding hydrogens is 312 g/mol. The van der Waals surface area contributed by atoms with Crippen molar-refractivity contribution in [2.75, 3.05) is 6.61 Å². The topological polar surface area (TPSA) is 51.2 Å². The van der Waals surface area contributed by atoms with Crippen molar-refractivity contribution in [3.8, 4) is 5.88 Å². The van der Waals surface area contributed by atoms with Gasteiger partial charge in [0.05, 0.1) is 6.61 Å². The Kier molecular flexibility index (Phi) is 3.94. The van der Waals surface area contributed by atoms with Gasteiger partial charge in [-0.05, 0) is 80.1 Å². The molecule has 5 aliphatic rings. The average molecular weight is 340 g/mol. The Bertz CT molecular complexity index is 610. The monoisotopic (exact) mass is 340 g/mol. The average Bonchev–Trinajstić information content (AvgIpc) is 3.42. The van der Waals surface area contributed by atoms with Crippen LogP contribution < -0.4 is 10.1 Å². The molecule has 1 aromatic heterocycles. The van der Waals surface area contributed by atoms with E-state index in [-0.39, 0.29) is 11.8 Å². The maximum Gasteiger partial charge on any atom is 0.223 e. The molecule has 25 heavy (non-hydrogen) atoms. The van der Waals surface area contributed by atoms with Crippen molar-refractivity contribution in [3.05, 3.63) is 23.9 Å². The Labute approximate surface area is 149 Å². The molecule has 4 nitrogen and oxygen atoms in total. The van der Waals surface area contributed by atoms with Gasteiger partial charge in [-0.2, -0.15) is 0 Å². The van der Waals surface area contributed by atoms with Crippen LogP contribution >= 0.6 is 0 Å². The van der Waals surface area contributed by atoms with Crippen molar-refractivity contribution >= 4 is 5.91 Å². The molecule has 1 aromatic rings. The molecule has 0 saturated heterocycles. The molecule has 0 atom stereocenters. The highest BCUT2D eigenvalue weighted by Crippen LogP contribution is 2.56. The van der Waals surface area contributed by atoms with E-state index >= 15 is 0 Å². The first-order valence-corrected chi connectivity index (χ1v) is 10.1. The fourth-order valence-electron chi connectivity index (χ4n) is 5.75. The Morgan fingerprint density at radius 1 is 1.08 bits per heavy atom. The molecular formula is C21H28N2O2. The summed E-state index contributed by atoms with van der Waals surface area (Å²) in [5, 5.41) is 3.19. The number of pyridine rings is 1. The molecule has 6 rings (SSSR count). The molecule has 5 fully saturated rings. The number of carbonyl (C=O) groups is 1. The lowest BCUT2D eigenvalue weighted by Crippen LogP contribution is -2.50. The molecule has 0 spiro atoms. The van der Waals surface area contributed by atoms with Crippen molar-refractivity contribution in [2.24, 2.45) is 35.5 Å². The van der Waals surface area contributed by atoms with Crippen LogP contribution in [0.4, 0.5) is 0 Å². The smallest absolute Gasteiger partial charge is 0.223 e. The minimum absolute atomic E-state index is 0.266. The maximum atomic E-state index is 12.8. The van der Waals surface area contributed by atoms with Gasteiger partial charge < -0.3 is 10.1 Å². The van der Waals surface area contributed by atoms with Gasteiger partial charge in [0, 0.05) is 24.7 Å². The second kappa shape index (κ2) is 6.30. The lowest BCUT2D eigenvalue weighted by Gasteiger charge is -2.53. The van der Waals surface area contributed by atoms with Gasteiger partial charge in [-0.1, -0.05) is 6.07 Å². The first kappa shape index (κ1) is 15.7. The highest BCUT2D eigenvalue weighted by Gasteiger charge is 2.50. The van der Waals surface area contributed by atoms with Crippen molar-refractivity contribution in [2.45, 2.75) is 51.5 Å². The van der Waals surface area contributed by atoms with Crippen LogP contribution in [0, 0.1) is 35.5 Å². The number of hydrogen-bond acceptors (Lipinski definition) is 3. The highest BCUT2D eigenvalue weighted by atomic mass is 16.5. The predicted molar refractivity (Wildman–Crippen MR) is 94.8 cm³/mol. The minimum atomic E-state index is 0.266. The highest BCUT2D eigenvalue weighted by molar-refractivity contribution is 5.79. The fraction of sp³-hybridized carbons (Fsp3) is 0.714. The largest absolute Gasteiger partial charge is 0.477 e. The number of nitrogens with zero attached hydrogens (tertiary/aromatic N) is 1. The van der Waals surface area contributed by atoms with Crippen molar-refractivity contribution in [3.63, 3.8) is 0 Å². The molecule has 1 N–H and O–H groups in total. The summed E-state index contributed by atoms with van der Waals surface area (Å²) >= 11 is 0. The van der Waals surface area contributed by atoms with Gasteiger partial charge in [-0.3, -0.25) is 4.79 Å². The van der Waals surface area contributed by atoms with Crippen LogP contribution in [-0.4, -0.2) is 17.5 Å². The molecule has 0 aliphatic heterocycles. The van der Waals surface area contributed by atoms with Gasteiger partial charge >= 0.3 is 0 Å². The quantitative estimate of drug-likeness (QED) is 0.861. The van der Waals surface area contributed by atoms with Gasteiger partial charge in [0.1, 0.15) is 0 Å². The summed E-state index contributed by atoms with van der Waals surface area (Å²) < 4.78 is 5.67. The second-order valence-electron chi connectivity index (χ2n) is 8.93. The Hall–Kier alpha value is -1.58. The van der Waals surface area contributed by atoms with Gasteiger partial charge in [0.2, 0.25) is 11.8 Å². The van der Waals surface area contributed by atoms with E-state index in [0.29, 0.717) is 24.3 Å². The number of nitrogens with one attached hydrogen (secondary N) is 1. The third-order valence-electron chi connectivity index (χ3n) is 6.96. The summed E-state index contributed by atoms with van der Waals surface area (Å²) in [5.74, 6) is 5.10. The van der Waals surface area contributed by atoms with Crippen molar-refractivity contribution in [1.82, 2.24) is 10.3 Å². The van der Waals surface area contributed by atoms with E-state index in [0.717, 1.165) is 29.9 Å². The van der Waals surface area contributed by atoms with Crippen molar-refractivity contribution < 1.29 is 9.53 Å². The van der Waals surface area contributed by atoms with Crippen LogP contribution in [0.25, 0.3) is 0 Å². The van der Waals surface area contributed by atoms with Crippen LogP contribution in [0.3, 0.4) is 0 Å². The summed E-state index contributed by atoms with van der Waals surface area (Å²) in [6.07, 6.45) is 11.0. The molecule has 4 heteroatoms. The minimum Gasteiger partial charge on any atom is -0.477 e. The van der Waals surface area contributed by atoms with Crippen molar-refractivity contribution in [1.29, 1.82) is 0 Å². The van der Waals surface area contributed by atoms with Gasteiger partial charge in [-0.15, -0.1) is 0 Å². The third-order valence-corrected chi connectivity index (χ3v) is 6.96. The second-order valence-corrected chi connectivity index (χ2v) is 8.93. The zero-order valence-electron chi connectivity index (χ0n) is 14.8. The Morgan fingerprint density at radius 2 is 1.80 bits per heavy atom. The number of aromatic nitrogens is 1. The Morgan fingerprint density at radius 3 is 2.40 bits per heavy atom. The van der Waals surface area contributed by atoms with E-state index in [9.17, 15) is 4.79 Å². The fourth-order valence-corrected chi connectivity index (χ4v) is 5.75. The first-order valence-electron chi connectivity index (χ1n) is 10.1. The molecule has 134 valence electrons. The van der Waals surface area contributed by atoms with E-state index in [2.05, 4.69) is 10.3 Å². The summed E-state index contributed by atoms with van der Waals surface area (Å²) in [6, 6.07) is 3.94. The SMILES string of the molecule is O=C(NCc1ccc(OCC2CC2)nc1)C1C2CC3CC(C2)CC1C3. The Balaban J connectivity index is 1.15. The van der Waals surface area contributed by atoms with Crippen LogP contribution in [0.5, 0.6) is 5.88 Å². The molecule has 5 saturated carbocycles. The number of carbonyl (C=O) groups excluding carboxylic acids is 1. The van der Waals surface area contributed by atoms with Crippen LogP contribution in [-0.2, 0) is 11.3 Å². The van der Waals surface area contributed by atoms with Gasteiger partial charge in [-0.25, -0.2) is 4.98 Å². The summed E-state index contributed by atoms with van der Waals surface area (Å²) in [7, 11) is 0. The van der Waals surface area contributed by atoms with E-state index in [1.807, 2.05) is 18.3 Å². The number of ether oxygens (including phenoxy) is 1. The predicted octanol–water partition coefficient (Wildman–Crippen LogP) is 3.56. The molecule has 0 radical (unpaired) electrons. The van der Waals surface area contributed by atoms with Crippen LogP contribution in [0.1, 0.15) is 50.5 Å². The first-order chi connectivity index (χ1) is 12.2. The van der Waals surface area contributed by atoms with E-state index in [1.165, 1.54) is 44.9 Å². The molecule has 0 unspecified atom stereocenters. The van der Waals surface area contributed by atoms with E-state index in [4.69, 9.17) is 4.74 Å². The van der Waals surface area contributed by atoms with E-state index in [1.54, 1.807) is 0 Å². The lowest BCUT2D eigenvalue weighted by molar-refractivity contribution is -0.138. The van der Waals surface area contributed by atoms with Gasteiger partial charge in [0.15, 0.2) is 0 Å². The maximum absolute atomic E-state index is 12.8. The summed E-state index contributed by atoms with van der Waals surface area (Å²) in [5.41, 5.74) is 1.05. The molecule has 5 aliphatic carbocycles. The normalized spacial score (nSPS) is 35.6. The van der Waals surface area contributed by atoms with Gasteiger partial charge in [0.25, 0.3) is 0 Å². The zero-order chi connectivity index (χ0) is 16.8. The third kappa shape index (κ3) is 3.28. The molecule has 0 aromatic carbocycles. The summed E-state index contributed by atoms with van der Waals surface area (Å²) in [6.45, 7) is 1.37.